The molecule has 2 N–H and O–H groups in total. The lowest BCUT2D eigenvalue weighted by Crippen LogP contribution is -2.52. The quantitative estimate of drug-likeness (QED) is 0.369. The number of fused-ring (bicyclic) bond motifs is 1. The normalized spacial score (nSPS) is 16.9. The Morgan fingerprint density at radius 3 is 2.51 bits per heavy atom. The molecule has 0 unspecified atom stereocenters. The monoisotopic (exact) mass is 530 g/mol. The van der Waals surface area contributed by atoms with Crippen LogP contribution in [-0.4, -0.2) is 70.1 Å². The zero-order valence-corrected chi connectivity index (χ0v) is 23.0. The van der Waals surface area contributed by atoms with Crippen molar-refractivity contribution in [2.75, 3.05) is 32.7 Å². The molecule has 3 aromatic rings. The van der Waals surface area contributed by atoms with Crippen LogP contribution in [0, 0.1) is 0 Å². The van der Waals surface area contributed by atoms with Gasteiger partial charge in [-0.05, 0) is 49.8 Å². The minimum Gasteiger partial charge on any atom is -0.347 e. The van der Waals surface area contributed by atoms with Crippen LogP contribution in [0.5, 0.6) is 0 Å². The maximum atomic E-state index is 13.6. The van der Waals surface area contributed by atoms with Gasteiger partial charge in [0.05, 0.1) is 5.56 Å². The summed E-state index contributed by atoms with van der Waals surface area (Å²) in [6.45, 7) is 5.58. The molecule has 5 rings (SSSR count). The summed E-state index contributed by atoms with van der Waals surface area (Å²) in [5.41, 5.74) is 2.92. The molecule has 1 aromatic carbocycles. The van der Waals surface area contributed by atoms with E-state index in [-0.39, 0.29) is 11.9 Å². The van der Waals surface area contributed by atoms with Gasteiger partial charge in [-0.2, -0.15) is 0 Å². The number of aryl methyl sites for hydroxylation is 1. The van der Waals surface area contributed by atoms with Crippen LogP contribution < -0.4 is 10.6 Å². The second-order valence-corrected chi connectivity index (χ2v) is 10.9. The number of benzene rings is 1. The van der Waals surface area contributed by atoms with Crippen LogP contribution in [0.15, 0.2) is 55.0 Å². The Labute approximate surface area is 231 Å². The van der Waals surface area contributed by atoms with Crippen LogP contribution in [0.25, 0.3) is 10.9 Å². The van der Waals surface area contributed by atoms with Gasteiger partial charge in [-0.15, -0.1) is 0 Å². The minimum absolute atomic E-state index is 0.155. The van der Waals surface area contributed by atoms with Gasteiger partial charge < -0.3 is 20.1 Å². The highest BCUT2D eigenvalue weighted by molar-refractivity contribution is 6.07. The summed E-state index contributed by atoms with van der Waals surface area (Å²) in [5, 5.41) is 6.84. The van der Waals surface area contributed by atoms with E-state index >= 15 is 0 Å². The van der Waals surface area contributed by atoms with Crippen molar-refractivity contribution in [3.63, 3.8) is 0 Å². The molecular weight excluding hydrogens is 488 g/mol. The molecule has 1 aliphatic carbocycles. The average molecular weight is 531 g/mol. The number of pyridine rings is 1. The number of piperazine rings is 1. The second-order valence-electron chi connectivity index (χ2n) is 10.9. The summed E-state index contributed by atoms with van der Waals surface area (Å²) in [7, 11) is 0. The van der Waals surface area contributed by atoms with Crippen LogP contribution >= 0.6 is 0 Å². The fourth-order valence-corrected chi connectivity index (χ4v) is 6.04. The zero-order valence-electron chi connectivity index (χ0n) is 23.0. The zero-order chi connectivity index (χ0) is 26.9. The van der Waals surface area contributed by atoms with Crippen molar-refractivity contribution in [1.29, 1.82) is 0 Å². The molecule has 0 radical (unpaired) electrons. The lowest BCUT2D eigenvalue weighted by atomic mass is 9.94. The van der Waals surface area contributed by atoms with E-state index in [1.54, 1.807) is 12.4 Å². The molecule has 1 aliphatic heterocycles. The summed E-state index contributed by atoms with van der Waals surface area (Å²) in [4.78, 5) is 34.3. The summed E-state index contributed by atoms with van der Waals surface area (Å²) < 4.78 is 2.23. The lowest BCUT2D eigenvalue weighted by Gasteiger charge is -2.40. The van der Waals surface area contributed by atoms with E-state index in [1.165, 1.54) is 32.1 Å². The number of hydrogen-bond acceptors (Lipinski definition) is 4. The molecule has 2 aromatic heterocycles. The van der Waals surface area contributed by atoms with Crippen molar-refractivity contribution in [2.45, 2.75) is 70.5 Å². The largest absolute Gasteiger partial charge is 0.347 e. The summed E-state index contributed by atoms with van der Waals surface area (Å²) >= 11 is 0. The molecule has 2 aliphatic rings. The Morgan fingerprint density at radius 2 is 1.72 bits per heavy atom. The number of carbonyl (C=O) groups is 2. The summed E-state index contributed by atoms with van der Waals surface area (Å²) in [6, 6.07) is 12.6. The van der Waals surface area contributed by atoms with E-state index in [0.29, 0.717) is 19.1 Å². The van der Waals surface area contributed by atoms with Gasteiger partial charge >= 0.3 is 6.03 Å². The molecular formula is C31H42N6O2. The van der Waals surface area contributed by atoms with E-state index in [0.717, 1.165) is 74.0 Å². The predicted molar refractivity (Wildman–Crippen MR) is 155 cm³/mol. The van der Waals surface area contributed by atoms with Gasteiger partial charge in [0, 0.05) is 81.3 Å². The van der Waals surface area contributed by atoms with Gasteiger partial charge in [-0.25, -0.2) is 4.79 Å². The second kappa shape index (κ2) is 13.6. The van der Waals surface area contributed by atoms with Crippen LogP contribution in [0.3, 0.4) is 0 Å². The number of para-hydroxylation sites is 1. The highest BCUT2D eigenvalue weighted by Gasteiger charge is 2.28. The fourth-order valence-electron chi connectivity index (χ4n) is 6.04. The molecule has 0 atom stereocenters. The van der Waals surface area contributed by atoms with E-state index in [4.69, 9.17) is 0 Å². The number of hydrogen-bond donors (Lipinski definition) is 2. The maximum absolute atomic E-state index is 13.6. The van der Waals surface area contributed by atoms with E-state index in [1.807, 2.05) is 24.3 Å². The molecule has 0 spiro atoms. The molecule has 39 heavy (non-hydrogen) atoms. The number of urea groups is 1. The molecule has 3 amide bonds. The third-order valence-electron chi connectivity index (χ3n) is 8.25. The van der Waals surface area contributed by atoms with Crippen molar-refractivity contribution in [3.05, 3.63) is 66.1 Å². The summed E-state index contributed by atoms with van der Waals surface area (Å²) in [6.07, 6.45) is 15.1. The molecule has 8 nitrogen and oxygen atoms in total. The lowest BCUT2D eigenvalue weighted by molar-refractivity contribution is 0.0524. The van der Waals surface area contributed by atoms with E-state index in [9.17, 15) is 9.59 Å². The highest BCUT2D eigenvalue weighted by atomic mass is 16.2. The number of unbranched alkanes of at least 4 members (excludes halogenated alkanes) is 2. The van der Waals surface area contributed by atoms with E-state index < -0.39 is 0 Å². The van der Waals surface area contributed by atoms with Crippen molar-refractivity contribution >= 4 is 22.8 Å². The third-order valence-corrected chi connectivity index (χ3v) is 8.25. The van der Waals surface area contributed by atoms with Crippen LogP contribution in [0.1, 0.15) is 67.3 Å². The number of nitrogens with one attached hydrogen (secondary N) is 2. The molecule has 0 bridgehead atoms. The molecule has 8 heteroatoms. The Morgan fingerprint density at radius 1 is 0.897 bits per heavy atom. The summed E-state index contributed by atoms with van der Waals surface area (Å²) in [5.74, 6) is 0.162. The molecule has 1 saturated heterocycles. The minimum atomic E-state index is -0.155. The van der Waals surface area contributed by atoms with Crippen molar-refractivity contribution in [1.82, 2.24) is 30.0 Å². The fraction of sp³-hybridized carbons (Fsp3) is 0.516. The first kappa shape index (κ1) is 27.2. The average Bonchev–Trinajstić information content (AvgIpc) is 3.37. The first-order valence-electron chi connectivity index (χ1n) is 14.7. The standard InChI is InChI=1S/C31H42N6O2/c38-30(36-20-18-35(19-21-36)26-11-3-1-4-12-26)28-24-37(29-14-6-5-13-27(28)29)17-8-2-7-16-33-31(39)34-23-25-10-9-15-32-22-25/h5-6,9-10,13-15,22,24,26H,1-4,7-8,11-12,16-21,23H2,(H2,33,34,39). The Hall–Kier alpha value is -3.39. The number of aromatic nitrogens is 2. The SMILES string of the molecule is O=C(NCCCCCn1cc(C(=O)N2CCN(C3CCCCC3)CC2)c2ccccc21)NCc1cccnc1. The Bertz CT molecular complexity index is 1210. The first-order chi connectivity index (χ1) is 19.2. The van der Waals surface area contributed by atoms with Crippen molar-refractivity contribution < 1.29 is 9.59 Å². The van der Waals surface area contributed by atoms with Gasteiger partial charge in [-0.3, -0.25) is 14.7 Å². The van der Waals surface area contributed by atoms with Gasteiger partial charge in [0.25, 0.3) is 5.91 Å². The molecule has 208 valence electrons. The van der Waals surface area contributed by atoms with Crippen LogP contribution in [-0.2, 0) is 13.1 Å². The van der Waals surface area contributed by atoms with Crippen LogP contribution in [0.2, 0.25) is 0 Å². The van der Waals surface area contributed by atoms with Crippen molar-refractivity contribution in [2.24, 2.45) is 0 Å². The topological polar surface area (TPSA) is 82.5 Å². The molecule has 2 fully saturated rings. The number of amides is 3. The van der Waals surface area contributed by atoms with Gasteiger partial charge in [0.1, 0.15) is 0 Å². The van der Waals surface area contributed by atoms with E-state index in [2.05, 4.69) is 48.3 Å². The van der Waals surface area contributed by atoms with Crippen LogP contribution in [0.4, 0.5) is 4.79 Å². The Balaban J connectivity index is 1.07. The smallest absolute Gasteiger partial charge is 0.315 e. The Kier molecular flexibility index (Phi) is 9.48. The van der Waals surface area contributed by atoms with Gasteiger partial charge in [-0.1, -0.05) is 43.5 Å². The number of carbonyl (C=O) groups excluding carboxylic acids is 2. The third kappa shape index (κ3) is 7.18. The van der Waals surface area contributed by atoms with Gasteiger partial charge in [0.15, 0.2) is 0 Å². The van der Waals surface area contributed by atoms with Gasteiger partial charge in [0.2, 0.25) is 0 Å². The first-order valence-corrected chi connectivity index (χ1v) is 14.7. The highest BCUT2D eigenvalue weighted by Crippen LogP contribution is 2.26. The predicted octanol–water partition coefficient (Wildman–Crippen LogP) is 4.80. The number of rotatable bonds is 10. The number of nitrogens with zero attached hydrogens (tertiary/aromatic N) is 4. The molecule has 3 heterocycles. The molecule has 1 saturated carbocycles. The maximum Gasteiger partial charge on any atom is 0.315 e. The van der Waals surface area contributed by atoms with Crippen molar-refractivity contribution in [3.8, 4) is 0 Å².